The Balaban J connectivity index is 1.91. The smallest absolute Gasteiger partial charge is 0.234 e. The van der Waals surface area contributed by atoms with Gasteiger partial charge in [0.15, 0.2) is 0 Å². The molecule has 0 atom stereocenters. The molecule has 17 heavy (non-hydrogen) atoms. The molecular weight excluding hydrogens is 236 g/mol. The van der Waals surface area contributed by atoms with Crippen molar-refractivity contribution in [3.05, 3.63) is 23.9 Å². The highest BCUT2D eigenvalue weighted by Gasteiger charge is 2.28. The van der Waals surface area contributed by atoms with Gasteiger partial charge >= 0.3 is 0 Å². The molecule has 92 valence electrons. The van der Waals surface area contributed by atoms with Gasteiger partial charge in [-0.25, -0.2) is 4.98 Å². The number of nitrogens with zero attached hydrogens (tertiary/aromatic N) is 2. The molecule has 2 rings (SSSR count). The molecule has 5 heteroatoms. The van der Waals surface area contributed by atoms with E-state index in [0.29, 0.717) is 30.7 Å². The summed E-state index contributed by atoms with van der Waals surface area (Å²) in [6.07, 6.45) is 6.51. The Morgan fingerprint density at radius 2 is 2.35 bits per heavy atom. The zero-order valence-corrected chi connectivity index (χ0v) is 11.0. The quantitative estimate of drug-likeness (QED) is 0.576. The normalized spacial score (nSPS) is 14.5. The summed E-state index contributed by atoms with van der Waals surface area (Å²) in [7, 11) is 0.383. The van der Waals surface area contributed by atoms with Gasteiger partial charge < -0.3 is 4.74 Å². The van der Waals surface area contributed by atoms with E-state index in [1.54, 1.807) is 11.1 Å². The average Bonchev–Trinajstić information content (AvgIpc) is 2.60. The lowest BCUT2D eigenvalue weighted by Crippen LogP contribution is -2.30. The molecule has 1 amide bonds. The molecule has 0 aliphatic carbocycles. The van der Waals surface area contributed by atoms with Crippen LogP contribution < -0.4 is 4.90 Å². The highest BCUT2D eigenvalue weighted by Crippen LogP contribution is 2.25. The first-order valence-electron chi connectivity index (χ1n) is 5.54. The number of anilines is 1. The lowest BCUT2D eigenvalue weighted by Gasteiger charge is -2.15. The molecule has 1 aliphatic heterocycles. The van der Waals surface area contributed by atoms with Crippen molar-refractivity contribution in [3.8, 4) is 0 Å². The molecule has 0 N–H and O–H groups in total. The highest BCUT2D eigenvalue weighted by molar-refractivity contribution is 7.95. The Kier molecular flexibility index (Phi) is 4.02. The zero-order chi connectivity index (χ0) is 12.3. The fourth-order valence-corrected chi connectivity index (χ4v) is 2.15. The minimum Gasteiger partial charge on any atom is -0.356 e. The van der Waals surface area contributed by atoms with Crippen molar-refractivity contribution >= 4 is 22.6 Å². The minimum atomic E-state index is 0.0747. The van der Waals surface area contributed by atoms with Gasteiger partial charge in [0, 0.05) is 11.8 Å². The number of rotatable bonds is 5. The van der Waals surface area contributed by atoms with Gasteiger partial charge in [-0.1, -0.05) is 6.07 Å². The first-order valence-corrected chi connectivity index (χ1v) is 7.75. The SMILES string of the molecule is C[S+](C)CCOCN1C(=O)Cc2cccnc21. The van der Waals surface area contributed by atoms with E-state index < -0.39 is 0 Å². The Labute approximate surface area is 104 Å². The number of amides is 1. The molecule has 0 aromatic carbocycles. The van der Waals surface area contributed by atoms with E-state index in [1.165, 1.54) is 0 Å². The second kappa shape index (κ2) is 5.51. The summed E-state index contributed by atoms with van der Waals surface area (Å²) in [5.41, 5.74) is 0.992. The third-order valence-electron chi connectivity index (χ3n) is 2.62. The maximum Gasteiger partial charge on any atom is 0.234 e. The van der Waals surface area contributed by atoms with E-state index in [4.69, 9.17) is 4.74 Å². The molecule has 0 bridgehead atoms. The van der Waals surface area contributed by atoms with Crippen molar-refractivity contribution in [2.45, 2.75) is 6.42 Å². The predicted octanol–water partition coefficient (Wildman–Crippen LogP) is 0.823. The molecule has 1 aromatic rings. The van der Waals surface area contributed by atoms with Gasteiger partial charge in [0.05, 0.1) is 25.5 Å². The van der Waals surface area contributed by atoms with Crippen LogP contribution in [-0.2, 0) is 26.8 Å². The number of carbonyl (C=O) groups is 1. The van der Waals surface area contributed by atoms with Crippen molar-refractivity contribution in [1.29, 1.82) is 0 Å². The van der Waals surface area contributed by atoms with E-state index in [-0.39, 0.29) is 5.91 Å². The van der Waals surface area contributed by atoms with Crippen LogP contribution in [0.5, 0.6) is 0 Å². The van der Waals surface area contributed by atoms with Gasteiger partial charge in [-0.2, -0.15) is 0 Å². The molecule has 0 saturated carbocycles. The van der Waals surface area contributed by atoms with Crippen LogP contribution in [-0.4, -0.2) is 42.5 Å². The second-order valence-electron chi connectivity index (χ2n) is 4.21. The third kappa shape index (κ3) is 2.98. The number of hydrogen-bond donors (Lipinski definition) is 0. The van der Waals surface area contributed by atoms with Crippen molar-refractivity contribution in [1.82, 2.24) is 4.98 Å². The second-order valence-corrected chi connectivity index (χ2v) is 6.59. The Morgan fingerprint density at radius 3 is 3.12 bits per heavy atom. The maximum absolute atomic E-state index is 11.8. The van der Waals surface area contributed by atoms with Gasteiger partial charge in [0.1, 0.15) is 18.3 Å². The summed E-state index contributed by atoms with van der Waals surface area (Å²) < 4.78 is 5.53. The van der Waals surface area contributed by atoms with Gasteiger partial charge in [-0.15, -0.1) is 0 Å². The van der Waals surface area contributed by atoms with Crippen molar-refractivity contribution in [2.24, 2.45) is 0 Å². The molecule has 2 heterocycles. The number of fused-ring (bicyclic) bond motifs is 1. The van der Waals surface area contributed by atoms with Crippen molar-refractivity contribution in [2.75, 3.05) is 36.5 Å². The fraction of sp³-hybridized carbons (Fsp3) is 0.500. The highest BCUT2D eigenvalue weighted by atomic mass is 32.2. The van der Waals surface area contributed by atoms with Crippen LogP contribution in [0.2, 0.25) is 0 Å². The van der Waals surface area contributed by atoms with E-state index in [0.717, 1.165) is 17.1 Å². The van der Waals surface area contributed by atoms with Gasteiger partial charge in [0.2, 0.25) is 5.91 Å². The van der Waals surface area contributed by atoms with Crippen LogP contribution in [0.25, 0.3) is 0 Å². The number of carbonyl (C=O) groups excluding carboxylic acids is 1. The van der Waals surface area contributed by atoms with Gasteiger partial charge in [-0.3, -0.25) is 9.69 Å². The molecule has 0 radical (unpaired) electrons. The average molecular weight is 253 g/mol. The zero-order valence-electron chi connectivity index (χ0n) is 10.2. The minimum absolute atomic E-state index is 0.0747. The molecule has 0 unspecified atom stereocenters. The van der Waals surface area contributed by atoms with Gasteiger partial charge in [0.25, 0.3) is 0 Å². The number of hydrogen-bond acceptors (Lipinski definition) is 3. The molecule has 4 nitrogen and oxygen atoms in total. The molecule has 1 aliphatic rings. The molecule has 0 saturated heterocycles. The Bertz CT molecular complexity index is 409. The summed E-state index contributed by atoms with van der Waals surface area (Å²) in [5, 5.41) is 0. The summed E-state index contributed by atoms with van der Waals surface area (Å²) in [4.78, 5) is 17.6. The maximum atomic E-state index is 11.8. The van der Waals surface area contributed by atoms with E-state index in [9.17, 15) is 4.79 Å². The monoisotopic (exact) mass is 253 g/mol. The topological polar surface area (TPSA) is 42.4 Å². The van der Waals surface area contributed by atoms with Crippen LogP contribution in [0.1, 0.15) is 5.56 Å². The van der Waals surface area contributed by atoms with Crippen LogP contribution >= 0.6 is 0 Å². The number of pyridine rings is 1. The molecular formula is C12H17N2O2S+. The molecule has 0 spiro atoms. The summed E-state index contributed by atoms with van der Waals surface area (Å²) in [5.74, 6) is 1.87. The largest absolute Gasteiger partial charge is 0.356 e. The van der Waals surface area contributed by atoms with E-state index in [1.807, 2.05) is 12.1 Å². The summed E-state index contributed by atoms with van der Waals surface area (Å²) >= 11 is 0. The number of aromatic nitrogens is 1. The Hall–Kier alpha value is -1.07. The predicted molar refractivity (Wildman–Crippen MR) is 70.3 cm³/mol. The molecule has 0 fully saturated rings. The van der Waals surface area contributed by atoms with Crippen LogP contribution in [0.3, 0.4) is 0 Å². The van der Waals surface area contributed by atoms with Crippen molar-refractivity contribution < 1.29 is 9.53 Å². The standard InChI is InChI=1S/C12H17N2O2S/c1-17(2)7-6-16-9-14-11(15)8-10-4-3-5-13-12(10)14/h3-5H,6-9H2,1-2H3/q+1. The first kappa shape index (κ1) is 12.4. The van der Waals surface area contributed by atoms with Crippen LogP contribution in [0.4, 0.5) is 5.82 Å². The summed E-state index contributed by atoms with van der Waals surface area (Å²) in [6, 6.07) is 3.80. The summed E-state index contributed by atoms with van der Waals surface area (Å²) in [6.45, 7) is 1.02. The fourth-order valence-electron chi connectivity index (χ4n) is 1.70. The van der Waals surface area contributed by atoms with Crippen molar-refractivity contribution in [3.63, 3.8) is 0 Å². The third-order valence-corrected chi connectivity index (χ3v) is 3.61. The van der Waals surface area contributed by atoms with Crippen LogP contribution in [0, 0.1) is 0 Å². The Morgan fingerprint density at radius 1 is 1.53 bits per heavy atom. The first-order chi connectivity index (χ1) is 8.18. The number of ether oxygens (including phenoxy) is 1. The van der Waals surface area contributed by atoms with Crippen LogP contribution in [0.15, 0.2) is 18.3 Å². The molecule has 1 aromatic heterocycles. The van der Waals surface area contributed by atoms with E-state index >= 15 is 0 Å². The van der Waals surface area contributed by atoms with E-state index in [2.05, 4.69) is 17.5 Å². The lowest BCUT2D eigenvalue weighted by molar-refractivity contribution is -0.118. The lowest BCUT2D eigenvalue weighted by atomic mass is 10.2. The van der Waals surface area contributed by atoms with Gasteiger partial charge in [-0.05, 0) is 17.0 Å².